The van der Waals surface area contributed by atoms with Gasteiger partial charge in [0.15, 0.2) is 11.6 Å². The van der Waals surface area contributed by atoms with Crippen LogP contribution in [-0.4, -0.2) is 19.2 Å². The van der Waals surface area contributed by atoms with Crippen molar-refractivity contribution in [2.24, 2.45) is 0 Å². The molecule has 0 aliphatic carbocycles. The molecule has 1 atom stereocenters. The van der Waals surface area contributed by atoms with Crippen molar-refractivity contribution in [3.63, 3.8) is 0 Å². The third-order valence-corrected chi connectivity index (χ3v) is 2.22. The molecule has 0 spiro atoms. The van der Waals surface area contributed by atoms with Crippen molar-refractivity contribution in [3.05, 3.63) is 29.8 Å². The van der Waals surface area contributed by atoms with E-state index in [9.17, 15) is 8.78 Å². The molecule has 0 bridgehead atoms. The fourth-order valence-corrected chi connectivity index (χ4v) is 1.33. The van der Waals surface area contributed by atoms with E-state index in [1.165, 1.54) is 12.1 Å². The number of nitrogens with one attached hydrogen (secondary N) is 1. The maximum Gasteiger partial charge on any atom is 0.200 e. The molecule has 16 heavy (non-hydrogen) atoms. The van der Waals surface area contributed by atoms with Crippen LogP contribution in [0.15, 0.2) is 18.2 Å². The van der Waals surface area contributed by atoms with Crippen LogP contribution >= 0.6 is 0 Å². The van der Waals surface area contributed by atoms with Crippen molar-refractivity contribution < 1.29 is 13.5 Å². The molecule has 1 rings (SSSR count). The second kappa shape index (κ2) is 6.43. The van der Waals surface area contributed by atoms with Crippen LogP contribution in [0.25, 0.3) is 0 Å². The summed E-state index contributed by atoms with van der Waals surface area (Å²) in [6, 6.07) is 3.94. The lowest BCUT2D eigenvalue weighted by Gasteiger charge is -2.15. The summed E-state index contributed by atoms with van der Waals surface area (Å²) in [6.07, 6.45) is 0.611. The van der Waals surface area contributed by atoms with Gasteiger partial charge in [-0.05, 0) is 38.6 Å². The van der Waals surface area contributed by atoms with Gasteiger partial charge in [-0.3, -0.25) is 0 Å². The summed E-state index contributed by atoms with van der Waals surface area (Å²) in [6.45, 7) is 5.54. The van der Waals surface area contributed by atoms with E-state index in [1.54, 1.807) is 0 Å². The lowest BCUT2D eigenvalue weighted by molar-refractivity contribution is 0.199. The first-order valence-corrected chi connectivity index (χ1v) is 5.46. The van der Waals surface area contributed by atoms with E-state index >= 15 is 0 Å². The molecular weight excluding hydrogens is 212 g/mol. The highest BCUT2D eigenvalue weighted by molar-refractivity contribution is 5.25. The fourth-order valence-electron chi connectivity index (χ4n) is 1.33. The zero-order valence-electron chi connectivity index (χ0n) is 9.59. The predicted molar refractivity (Wildman–Crippen MR) is 59.6 cm³/mol. The van der Waals surface area contributed by atoms with Crippen LogP contribution in [0.2, 0.25) is 0 Å². The van der Waals surface area contributed by atoms with Gasteiger partial charge in [0.05, 0.1) is 6.10 Å². The third kappa shape index (κ3) is 3.77. The molecule has 0 saturated heterocycles. The third-order valence-electron chi connectivity index (χ3n) is 2.22. The normalized spacial score (nSPS) is 12.5. The van der Waals surface area contributed by atoms with Crippen molar-refractivity contribution in [2.75, 3.05) is 13.1 Å². The highest BCUT2D eigenvalue weighted by Crippen LogP contribution is 2.20. The molecule has 2 nitrogen and oxygen atoms in total. The molecular formula is C12H17F2NO. The summed E-state index contributed by atoms with van der Waals surface area (Å²) < 4.78 is 31.4. The van der Waals surface area contributed by atoms with Crippen LogP contribution in [0.4, 0.5) is 8.78 Å². The number of hydrogen-bond donors (Lipinski definition) is 1. The van der Waals surface area contributed by atoms with E-state index in [2.05, 4.69) is 5.32 Å². The highest BCUT2D eigenvalue weighted by atomic mass is 19.2. The van der Waals surface area contributed by atoms with Gasteiger partial charge in [-0.15, -0.1) is 0 Å². The highest BCUT2D eigenvalue weighted by Gasteiger charge is 2.11. The predicted octanol–water partition coefficient (Wildman–Crippen LogP) is 2.73. The van der Waals surface area contributed by atoms with E-state index < -0.39 is 11.6 Å². The molecule has 90 valence electrons. The Hall–Kier alpha value is -1.16. The Bertz CT molecular complexity index is 331. The minimum absolute atomic E-state index is 0.0241. The quantitative estimate of drug-likeness (QED) is 0.757. The number of benzene rings is 1. The first kappa shape index (κ1) is 12.9. The maximum absolute atomic E-state index is 13.2. The maximum atomic E-state index is 13.2. The SMILES string of the molecule is CCNCCC(C)Oc1cccc(F)c1F. The number of rotatable bonds is 6. The molecule has 0 aliphatic heterocycles. The molecule has 0 aromatic heterocycles. The van der Waals surface area contributed by atoms with Crippen molar-refractivity contribution in [3.8, 4) is 5.75 Å². The summed E-state index contributed by atoms with van der Waals surface area (Å²) in [5, 5.41) is 3.14. The Morgan fingerprint density at radius 3 is 2.81 bits per heavy atom. The first-order valence-electron chi connectivity index (χ1n) is 5.46. The molecule has 4 heteroatoms. The summed E-state index contributed by atoms with van der Waals surface area (Å²) >= 11 is 0. The second-order valence-electron chi connectivity index (χ2n) is 3.62. The fraction of sp³-hybridized carbons (Fsp3) is 0.500. The van der Waals surface area contributed by atoms with Crippen LogP contribution in [0.3, 0.4) is 0 Å². The van der Waals surface area contributed by atoms with Crippen LogP contribution in [0.1, 0.15) is 20.3 Å². The molecule has 0 saturated carbocycles. The summed E-state index contributed by atoms with van der Waals surface area (Å²) in [5.41, 5.74) is 0. The van der Waals surface area contributed by atoms with Gasteiger partial charge in [0.2, 0.25) is 5.82 Å². The van der Waals surface area contributed by atoms with Crippen molar-refractivity contribution in [1.82, 2.24) is 5.32 Å². The molecule has 0 amide bonds. The van der Waals surface area contributed by atoms with Gasteiger partial charge < -0.3 is 10.1 Å². The molecule has 0 radical (unpaired) electrons. The molecule has 0 aliphatic rings. The van der Waals surface area contributed by atoms with Crippen molar-refractivity contribution in [2.45, 2.75) is 26.4 Å². The van der Waals surface area contributed by atoms with Crippen molar-refractivity contribution >= 4 is 0 Å². The lowest BCUT2D eigenvalue weighted by atomic mass is 10.2. The summed E-state index contributed by atoms with van der Waals surface area (Å²) in [4.78, 5) is 0. The van der Waals surface area contributed by atoms with E-state index in [4.69, 9.17) is 4.74 Å². The Kier molecular flexibility index (Phi) is 5.19. The molecule has 1 N–H and O–H groups in total. The Balaban J connectivity index is 2.49. The standard InChI is InChI=1S/C12H17F2NO/c1-3-15-8-7-9(2)16-11-6-4-5-10(13)12(11)14/h4-6,9,15H,3,7-8H2,1-2H3. The Labute approximate surface area is 94.6 Å². The topological polar surface area (TPSA) is 21.3 Å². The van der Waals surface area contributed by atoms with Gasteiger partial charge in [0, 0.05) is 0 Å². The van der Waals surface area contributed by atoms with Crippen molar-refractivity contribution in [1.29, 1.82) is 0 Å². The van der Waals surface area contributed by atoms with E-state index in [0.717, 1.165) is 25.6 Å². The van der Waals surface area contributed by atoms with Gasteiger partial charge in [-0.2, -0.15) is 4.39 Å². The number of halogens is 2. The zero-order chi connectivity index (χ0) is 12.0. The molecule has 1 unspecified atom stereocenters. The number of ether oxygens (including phenoxy) is 1. The average Bonchev–Trinajstić information content (AvgIpc) is 2.25. The van der Waals surface area contributed by atoms with Crippen LogP contribution in [-0.2, 0) is 0 Å². The lowest BCUT2D eigenvalue weighted by Crippen LogP contribution is -2.22. The minimum Gasteiger partial charge on any atom is -0.487 e. The van der Waals surface area contributed by atoms with Gasteiger partial charge in [-0.25, -0.2) is 4.39 Å². The van der Waals surface area contributed by atoms with E-state index in [-0.39, 0.29) is 11.9 Å². The molecule has 1 aromatic carbocycles. The summed E-state index contributed by atoms with van der Waals surface area (Å²) in [5.74, 6) is -1.82. The molecule has 0 heterocycles. The first-order chi connectivity index (χ1) is 7.65. The zero-order valence-corrected chi connectivity index (χ0v) is 9.59. The Morgan fingerprint density at radius 1 is 1.38 bits per heavy atom. The Morgan fingerprint density at radius 2 is 2.12 bits per heavy atom. The molecule has 1 aromatic rings. The van der Waals surface area contributed by atoms with Gasteiger partial charge in [-0.1, -0.05) is 13.0 Å². The van der Waals surface area contributed by atoms with Gasteiger partial charge >= 0.3 is 0 Å². The van der Waals surface area contributed by atoms with Crippen LogP contribution in [0.5, 0.6) is 5.75 Å². The summed E-state index contributed by atoms with van der Waals surface area (Å²) in [7, 11) is 0. The minimum atomic E-state index is -0.919. The van der Waals surface area contributed by atoms with Crippen LogP contribution in [0, 0.1) is 11.6 Å². The molecule has 0 fully saturated rings. The van der Waals surface area contributed by atoms with Gasteiger partial charge in [0.25, 0.3) is 0 Å². The smallest absolute Gasteiger partial charge is 0.200 e. The average molecular weight is 229 g/mol. The number of hydrogen-bond acceptors (Lipinski definition) is 2. The van der Waals surface area contributed by atoms with E-state index in [0.29, 0.717) is 0 Å². The largest absolute Gasteiger partial charge is 0.487 e. The monoisotopic (exact) mass is 229 g/mol. The van der Waals surface area contributed by atoms with Gasteiger partial charge in [0.1, 0.15) is 0 Å². The van der Waals surface area contributed by atoms with Crippen LogP contribution < -0.4 is 10.1 Å². The van der Waals surface area contributed by atoms with E-state index in [1.807, 2.05) is 13.8 Å². The second-order valence-corrected chi connectivity index (χ2v) is 3.62.